The predicted molar refractivity (Wildman–Crippen MR) is 120 cm³/mol. The number of hydrogen-bond donors (Lipinski definition) is 1. The van der Waals surface area contributed by atoms with Crippen molar-refractivity contribution in [2.24, 2.45) is 0 Å². The molecule has 4 rings (SSSR count). The van der Waals surface area contributed by atoms with E-state index in [1.54, 1.807) is 36.4 Å². The van der Waals surface area contributed by atoms with Crippen molar-refractivity contribution in [1.82, 2.24) is 10.2 Å². The molecule has 1 aliphatic rings. The van der Waals surface area contributed by atoms with E-state index in [1.807, 2.05) is 49.4 Å². The van der Waals surface area contributed by atoms with Gasteiger partial charge in [0.2, 0.25) is 0 Å². The van der Waals surface area contributed by atoms with E-state index in [2.05, 4.69) is 11.4 Å². The molecule has 3 aromatic rings. The molecule has 32 heavy (non-hydrogen) atoms. The van der Waals surface area contributed by atoms with Crippen molar-refractivity contribution in [3.8, 4) is 11.8 Å². The lowest BCUT2D eigenvalue weighted by molar-refractivity contribution is -0.123. The molecule has 1 saturated heterocycles. The lowest BCUT2D eigenvalue weighted by Crippen LogP contribution is -2.30. The number of carbonyl (C=O) groups is 2. The van der Waals surface area contributed by atoms with Crippen LogP contribution in [0.4, 0.5) is 4.79 Å². The van der Waals surface area contributed by atoms with Crippen LogP contribution in [0.15, 0.2) is 78.5 Å². The number of amides is 3. The normalized spacial score (nSPS) is 14.4. The standard InChI is InChI=1S/C26H21N3O3/c1-18-6-8-20(9-7-18)16-29-25(30)24(28-26(29)31)14-19-10-12-23(13-11-19)32-17-22-5-3-2-4-21(22)15-27/h2-14H,16-17H2,1H3,(H,28,31)/b24-14+. The summed E-state index contributed by atoms with van der Waals surface area (Å²) in [6.45, 7) is 2.49. The molecule has 0 saturated carbocycles. The summed E-state index contributed by atoms with van der Waals surface area (Å²) in [6.07, 6.45) is 1.64. The van der Waals surface area contributed by atoms with E-state index < -0.39 is 6.03 Å². The first kappa shape index (κ1) is 20.9. The molecule has 0 radical (unpaired) electrons. The van der Waals surface area contributed by atoms with Crippen LogP contribution in [0.2, 0.25) is 0 Å². The predicted octanol–water partition coefficient (Wildman–Crippen LogP) is 4.54. The van der Waals surface area contributed by atoms with Crippen LogP contribution >= 0.6 is 0 Å². The first-order valence-electron chi connectivity index (χ1n) is 10.1. The van der Waals surface area contributed by atoms with Gasteiger partial charge in [0.15, 0.2) is 0 Å². The van der Waals surface area contributed by atoms with Gasteiger partial charge in [-0.3, -0.25) is 9.69 Å². The van der Waals surface area contributed by atoms with E-state index in [4.69, 9.17) is 10.00 Å². The molecular formula is C26H21N3O3. The Bertz CT molecular complexity index is 1220. The van der Waals surface area contributed by atoms with E-state index in [0.29, 0.717) is 11.3 Å². The van der Waals surface area contributed by atoms with Crippen molar-refractivity contribution in [2.75, 3.05) is 0 Å². The summed E-state index contributed by atoms with van der Waals surface area (Å²) in [5.41, 5.74) is 4.40. The van der Waals surface area contributed by atoms with Crippen molar-refractivity contribution >= 4 is 18.0 Å². The molecule has 6 heteroatoms. The van der Waals surface area contributed by atoms with Gasteiger partial charge < -0.3 is 10.1 Å². The maximum absolute atomic E-state index is 12.7. The lowest BCUT2D eigenvalue weighted by Gasteiger charge is -2.11. The average Bonchev–Trinajstić information content (AvgIpc) is 3.07. The van der Waals surface area contributed by atoms with Gasteiger partial charge in [-0.25, -0.2) is 4.79 Å². The topological polar surface area (TPSA) is 82.4 Å². The molecule has 1 aliphatic heterocycles. The molecule has 1 heterocycles. The van der Waals surface area contributed by atoms with Crippen molar-refractivity contribution in [2.45, 2.75) is 20.1 Å². The quantitative estimate of drug-likeness (QED) is 0.466. The third-order valence-electron chi connectivity index (χ3n) is 5.15. The third kappa shape index (κ3) is 4.68. The molecular weight excluding hydrogens is 402 g/mol. The van der Waals surface area contributed by atoms with Gasteiger partial charge in [0.05, 0.1) is 18.2 Å². The molecule has 1 fully saturated rings. The molecule has 6 nitrogen and oxygen atoms in total. The first-order chi connectivity index (χ1) is 15.5. The van der Waals surface area contributed by atoms with E-state index in [9.17, 15) is 9.59 Å². The summed E-state index contributed by atoms with van der Waals surface area (Å²) < 4.78 is 5.77. The smallest absolute Gasteiger partial charge is 0.329 e. The van der Waals surface area contributed by atoms with Crippen molar-refractivity contribution < 1.29 is 14.3 Å². The first-order valence-corrected chi connectivity index (χ1v) is 10.1. The third-order valence-corrected chi connectivity index (χ3v) is 5.15. The minimum absolute atomic E-state index is 0.221. The molecule has 158 valence electrons. The maximum Gasteiger partial charge on any atom is 0.329 e. The number of aryl methyl sites for hydroxylation is 1. The summed E-state index contributed by atoms with van der Waals surface area (Å²) in [5, 5.41) is 11.8. The average molecular weight is 423 g/mol. The van der Waals surface area contributed by atoms with Gasteiger partial charge >= 0.3 is 6.03 Å². The Kier molecular flexibility index (Phi) is 6.00. The molecule has 0 bridgehead atoms. The fraction of sp³-hybridized carbons (Fsp3) is 0.115. The number of ether oxygens (including phenoxy) is 1. The van der Waals surface area contributed by atoms with Crippen LogP contribution in [-0.2, 0) is 17.9 Å². The Hall–Kier alpha value is -4.37. The van der Waals surface area contributed by atoms with E-state index in [0.717, 1.165) is 22.3 Å². The summed E-state index contributed by atoms with van der Waals surface area (Å²) in [5.74, 6) is 0.284. The van der Waals surface area contributed by atoms with Crippen LogP contribution in [0.1, 0.15) is 27.8 Å². The molecule has 0 spiro atoms. The van der Waals surface area contributed by atoms with Crippen LogP contribution in [0, 0.1) is 18.3 Å². The van der Waals surface area contributed by atoms with Gasteiger partial charge in [-0.15, -0.1) is 0 Å². The Morgan fingerprint density at radius 1 is 1.00 bits per heavy atom. The van der Waals surface area contributed by atoms with Crippen molar-refractivity contribution in [1.29, 1.82) is 5.26 Å². The number of nitrogens with one attached hydrogen (secondary N) is 1. The molecule has 1 N–H and O–H groups in total. The number of nitrogens with zero attached hydrogens (tertiary/aromatic N) is 2. The zero-order valence-corrected chi connectivity index (χ0v) is 17.5. The van der Waals surface area contributed by atoms with Gasteiger partial charge in [-0.2, -0.15) is 5.26 Å². The minimum Gasteiger partial charge on any atom is -0.489 e. The fourth-order valence-corrected chi connectivity index (χ4v) is 3.33. The lowest BCUT2D eigenvalue weighted by atomic mass is 10.1. The molecule has 0 atom stereocenters. The Balaban J connectivity index is 1.41. The highest BCUT2D eigenvalue weighted by atomic mass is 16.5. The zero-order valence-electron chi connectivity index (χ0n) is 17.5. The molecule has 0 aromatic heterocycles. The van der Waals surface area contributed by atoms with Crippen molar-refractivity contribution in [3.05, 3.63) is 106 Å². The molecule has 0 unspecified atom stereocenters. The van der Waals surface area contributed by atoms with Crippen LogP contribution in [0.25, 0.3) is 6.08 Å². The number of carbonyl (C=O) groups excluding carboxylic acids is 2. The monoisotopic (exact) mass is 423 g/mol. The van der Waals surface area contributed by atoms with Gasteiger partial charge in [0, 0.05) is 5.56 Å². The summed E-state index contributed by atoms with van der Waals surface area (Å²) in [6, 6.07) is 23.9. The Labute approximate surface area is 186 Å². The number of urea groups is 1. The van der Waals surface area contributed by atoms with E-state index in [-0.39, 0.29) is 24.8 Å². The van der Waals surface area contributed by atoms with Gasteiger partial charge in [-0.05, 0) is 42.3 Å². The molecule has 0 aliphatic carbocycles. The number of nitriles is 1. The minimum atomic E-state index is -0.432. The summed E-state index contributed by atoms with van der Waals surface area (Å²) in [4.78, 5) is 26.2. The van der Waals surface area contributed by atoms with Crippen molar-refractivity contribution in [3.63, 3.8) is 0 Å². The largest absolute Gasteiger partial charge is 0.489 e. The number of rotatable bonds is 6. The molecule has 3 amide bonds. The highest BCUT2D eigenvalue weighted by Gasteiger charge is 2.33. The zero-order chi connectivity index (χ0) is 22.5. The van der Waals surface area contributed by atoms with Gasteiger partial charge in [0.25, 0.3) is 5.91 Å². The van der Waals surface area contributed by atoms with Gasteiger partial charge in [0.1, 0.15) is 18.1 Å². The second kappa shape index (κ2) is 9.19. The second-order valence-electron chi connectivity index (χ2n) is 7.49. The summed E-state index contributed by atoms with van der Waals surface area (Å²) >= 11 is 0. The van der Waals surface area contributed by atoms with E-state index in [1.165, 1.54) is 4.90 Å². The number of imide groups is 1. The second-order valence-corrected chi connectivity index (χ2v) is 7.49. The summed E-state index contributed by atoms with van der Waals surface area (Å²) in [7, 11) is 0. The fourth-order valence-electron chi connectivity index (χ4n) is 3.33. The van der Waals surface area contributed by atoms with Crippen LogP contribution < -0.4 is 10.1 Å². The Morgan fingerprint density at radius 2 is 1.72 bits per heavy atom. The number of benzene rings is 3. The van der Waals surface area contributed by atoms with Crippen LogP contribution in [0.5, 0.6) is 5.75 Å². The molecule has 3 aromatic carbocycles. The van der Waals surface area contributed by atoms with Crippen LogP contribution in [-0.4, -0.2) is 16.8 Å². The highest BCUT2D eigenvalue weighted by molar-refractivity contribution is 6.13. The highest BCUT2D eigenvalue weighted by Crippen LogP contribution is 2.20. The SMILES string of the molecule is Cc1ccc(CN2C(=O)N/C(=C/c3ccc(OCc4ccccc4C#N)cc3)C2=O)cc1. The maximum atomic E-state index is 12.7. The van der Waals surface area contributed by atoms with Crippen LogP contribution in [0.3, 0.4) is 0 Å². The number of hydrogen-bond acceptors (Lipinski definition) is 4. The Morgan fingerprint density at radius 3 is 2.44 bits per heavy atom. The van der Waals surface area contributed by atoms with Gasteiger partial charge in [-0.1, -0.05) is 60.2 Å². The van der Waals surface area contributed by atoms with E-state index >= 15 is 0 Å².